The molecule has 8 heteroatoms. The molecule has 0 spiro atoms. The number of aliphatic hydroxyl groups is 2. The number of carbonyl (C=O) groups excluding carboxylic acids is 1. The molecule has 1 amide bonds. The van der Waals surface area contributed by atoms with Crippen LogP contribution in [0.25, 0.3) is 0 Å². The standard InChI is InChI=1S/C23H27N3O4S/c1-26(13-14-6-4-3-5-7-14)22(29)17-12-18(27)20(28)19-21(17)31-23(25-19)24-15-8-10-16(30-2)11-9-15/h3-11,17-21,27-28H,12-13H2,1-2H3,(H,24,25). The van der Waals surface area contributed by atoms with E-state index in [0.717, 1.165) is 17.0 Å². The van der Waals surface area contributed by atoms with Crippen molar-refractivity contribution in [1.29, 1.82) is 0 Å². The van der Waals surface area contributed by atoms with Gasteiger partial charge in [-0.15, -0.1) is 0 Å². The summed E-state index contributed by atoms with van der Waals surface area (Å²) in [5, 5.41) is 24.6. The van der Waals surface area contributed by atoms with Crippen LogP contribution in [0.15, 0.2) is 59.6 Å². The number of aliphatic hydroxyl groups excluding tert-OH is 2. The molecule has 2 aromatic rings. The number of aliphatic imine (C=N–C) groups is 1. The number of ether oxygens (including phenoxy) is 1. The maximum absolute atomic E-state index is 13.3. The Hall–Kier alpha value is -2.55. The molecule has 1 fully saturated rings. The minimum Gasteiger partial charge on any atom is -0.497 e. The highest BCUT2D eigenvalue weighted by Gasteiger charge is 2.50. The highest BCUT2D eigenvalue weighted by Crippen LogP contribution is 2.42. The van der Waals surface area contributed by atoms with Crippen LogP contribution in [0.2, 0.25) is 0 Å². The third-order valence-electron chi connectivity index (χ3n) is 5.78. The van der Waals surface area contributed by atoms with Crippen LogP contribution in [0.1, 0.15) is 12.0 Å². The van der Waals surface area contributed by atoms with Gasteiger partial charge < -0.3 is 25.2 Å². The summed E-state index contributed by atoms with van der Waals surface area (Å²) >= 11 is 1.45. The smallest absolute Gasteiger partial charge is 0.227 e. The molecular weight excluding hydrogens is 414 g/mol. The van der Waals surface area contributed by atoms with E-state index in [-0.39, 0.29) is 17.6 Å². The van der Waals surface area contributed by atoms with E-state index < -0.39 is 24.2 Å². The molecule has 1 aliphatic heterocycles. The van der Waals surface area contributed by atoms with Crippen molar-refractivity contribution in [3.8, 4) is 5.75 Å². The van der Waals surface area contributed by atoms with Crippen molar-refractivity contribution in [3.63, 3.8) is 0 Å². The molecule has 0 aromatic heterocycles. The number of hydrogen-bond acceptors (Lipinski definition) is 7. The topological polar surface area (TPSA) is 94.4 Å². The minimum absolute atomic E-state index is 0.0433. The molecule has 5 unspecified atom stereocenters. The van der Waals surface area contributed by atoms with E-state index >= 15 is 0 Å². The number of nitrogens with one attached hydrogen (secondary N) is 1. The van der Waals surface area contributed by atoms with Gasteiger partial charge in [0.2, 0.25) is 5.91 Å². The third kappa shape index (κ3) is 4.71. The Morgan fingerprint density at radius 2 is 1.90 bits per heavy atom. The highest BCUT2D eigenvalue weighted by atomic mass is 32.2. The molecule has 164 valence electrons. The summed E-state index contributed by atoms with van der Waals surface area (Å²) in [6, 6.07) is 16.7. The van der Waals surface area contributed by atoms with Gasteiger partial charge >= 0.3 is 0 Å². The van der Waals surface area contributed by atoms with Crippen LogP contribution < -0.4 is 10.1 Å². The highest BCUT2D eigenvalue weighted by molar-refractivity contribution is 8.15. The predicted molar refractivity (Wildman–Crippen MR) is 122 cm³/mol. The number of hydrogen-bond donors (Lipinski definition) is 3. The van der Waals surface area contributed by atoms with Crippen LogP contribution in [0, 0.1) is 5.92 Å². The molecule has 1 aliphatic carbocycles. The zero-order valence-corrected chi connectivity index (χ0v) is 18.3. The summed E-state index contributed by atoms with van der Waals surface area (Å²) < 4.78 is 5.18. The van der Waals surface area contributed by atoms with Crippen molar-refractivity contribution in [2.45, 2.75) is 36.5 Å². The maximum Gasteiger partial charge on any atom is 0.227 e. The summed E-state index contributed by atoms with van der Waals surface area (Å²) in [5.74, 6) is 0.283. The SMILES string of the molecule is COc1ccc(NC2=NC3C(O)C(O)CC(C(=O)N(C)Cc4ccccc4)C3S2)cc1. The number of thioether (sulfide) groups is 1. The minimum atomic E-state index is -0.990. The van der Waals surface area contributed by atoms with E-state index in [4.69, 9.17) is 4.74 Å². The van der Waals surface area contributed by atoms with Gasteiger partial charge in [-0.1, -0.05) is 42.1 Å². The van der Waals surface area contributed by atoms with E-state index in [1.54, 1.807) is 19.1 Å². The van der Waals surface area contributed by atoms with E-state index in [0.29, 0.717) is 11.7 Å². The van der Waals surface area contributed by atoms with Crippen LogP contribution in [0.5, 0.6) is 5.75 Å². The van der Waals surface area contributed by atoms with Gasteiger partial charge in [0.25, 0.3) is 0 Å². The van der Waals surface area contributed by atoms with E-state index in [1.807, 2.05) is 54.6 Å². The van der Waals surface area contributed by atoms with Gasteiger partial charge in [-0.3, -0.25) is 9.79 Å². The second-order valence-corrected chi connectivity index (χ2v) is 9.11. The van der Waals surface area contributed by atoms with Gasteiger partial charge in [0.1, 0.15) is 11.9 Å². The number of carbonyl (C=O) groups is 1. The average molecular weight is 442 g/mol. The average Bonchev–Trinajstić information content (AvgIpc) is 3.21. The number of fused-ring (bicyclic) bond motifs is 1. The van der Waals surface area contributed by atoms with E-state index in [1.165, 1.54) is 11.8 Å². The van der Waals surface area contributed by atoms with Gasteiger partial charge in [-0.05, 0) is 36.2 Å². The Kier molecular flexibility index (Phi) is 6.50. The van der Waals surface area contributed by atoms with Gasteiger partial charge in [-0.25, -0.2) is 0 Å². The molecule has 2 aromatic carbocycles. The van der Waals surface area contributed by atoms with Crippen molar-refractivity contribution < 1.29 is 19.7 Å². The number of amides is 1. The lowest BCUT2D eigenvalue weighted by atomic mass is 9.80. The Morgan fingerprint density at radius 1 is 1.19 bits per heavy atom. The Labute approximate surface area is 186 Å². The molecular formula is C23H27N3O4S. The zero-order chi connectivity index (χ0) is 22.0. The lowest BCUT2D eigenvalue weighted by Crippen LogP contribution is -2.54. The monoisotopic (exact) mass is 441 g/mol. The lowest BCUT2D eigenvalue weighted by Gasteiger charge is -2.38. The van der Waals surface area contributed by atoms with Crippen LogP contribution >= 0.6 is 11.8 Å². The predicted octanol–water partition coefficient (Wildman–Crippen LogP) is 2.35. The molecule has 5 atom stereocenters. The number of benzene rings is 2. The molecule has 1 heterocycles. The van der Waals surface area contributed by atoms with Crippen molar-refractivity contribution in [1.82, 2.24) is 4.90 Å². The van der Waals surface area contributed by atoms with Crippen LogP contribution in [-0.4, -0.2) is 63.8 Å². The second kappa shape index (κ2) is 9.30. The van der Waals surface area contributed by atoms with Crippen LogP contribution in [0.4, 0.5) is 5.69 Å². The molecule has 0 radical (unpaired) electrons. The molecule has 3 N–H and O–H groups in total. The molecule has 0 saturated heterocycles. The first kappa shape index (κ1) is 21.7. The number of amidine groups is 1. The molecule has 1 saturated carbocycles. The van der Waals surface area contributed by atoms with Gasteiger partial charge in [0.15, 0.2) is 5.17 Å². The fourth-order valence-corrected chi connectivity index (χ4v) is 5.48. The molecule has 7 nitrogen and oxygen atoms in total. The fraction of sp³-hybridized carbons (Fsp3) is 0.391. The number of methoxy groups -OCH3 is 1. The Balaban J connectivity index is 1.47. The molecule has 31 heavy (non-hydrogen) atoms. The van der Waals surface area contributed by atoms with Crippen molar-refractivity contribution >= 4 is 28.5 Å². The van der Waals surface area contributed by atoms with Crippen LogP contribution in [-0.2, 0) is 11.3 Å². The number of anilines is 1. The number of nitrogens with zero attached hydrogens (tertiary/aromatic N) is 2. The molecule has 0 bridgehead atoms. The summed E-state index contributed by atoms with van der Waals surface area (Å²) in [5.41, 5.74) is 1.88. The number of rotatable bonds is 5. The molecule has 2 aliphatic rings. The first-order valence-corrected chi connectivity index (χ1v) is 11.1. The first-order valence-electron chi connectivity index (χ1n) is 10.3. The van der Waals surface area contributed by atoms with Crippen molar-refractivity contribution in [2.75, 3.05) is 19.5 Å². The fourth-order valence-electron chi connectivity index (χ4n) is 4.11. The summed E-state index contributed by atoms with van der Waals surface area (Å²) in [4.78, 5) is 19.6. The summed E-state index contributed by atoms with van der Waals surface area (Å²) in [7, 11) is 3.39. The van der Waals surface area contributed by atoms with E-state index in [9.17, 15) is 15.0 Å². The van der Waals surface area contributed by atoms with Crippen LogP contribution in [0.3, 0.4) is 0 Å². The third-order valence-corrected chi connectivity index (χ3v) is 7.09. The first-order chi connectivity index (χ1) is 15.0. The largest absolute Gasteiger partial charge is 0.497 e. The summed E-state index contributed by atoms with van der Waals surface area (Å²) in [6.07, 6.45) is -1.75. The van der Waals surface area contributed by atoms with Gasteiger partial charge in [0.05, 0.1) is 25.2 Å². The van der Waals surface area contributed by atoms with Crippen molar-refractivity contribution in [3.05, 3.63) is 60.2 Å². The van der Waals surface area contributed by atoms with E-state index in [2.05, 4.69) is 10.3 Å². The normalized spacial score (nSPS) is 27.2. The zero-order valence-electron chi connectivity index (χ0n) is 17.5. The van der Waals surface area contributed by atoms with Gasteiger partial charge in [-0.2, -0.15) is 0 Å². The molecule has 4 rings (SSSR count). The Bertz CT molecular complexity index is 938. The van der Waals surface area contributed by atoms with Crippen molar-refractivity contribution in [2.24, 2.45) is 10.9 Å². The lowest BCUT2D eigenvalue weighted by molar-refractivity contribution is -0.139. The quantitative estimate of drug-likeness (QED) is 0.660. The Morgan fingerprint density at radius 3 is 2.58 bits per heavy atom. The maximum atomic E-state index is 13.3. The summed E-state index contributed by atoms with van der Waals surface area (Å²) in [6.45, 7) is 0.495. The second-order valence-electron chi connectivity index (χ2n) is 7.94. The van der Waals surface area contributed by atoms with Gasteiger partial charge in [0, 0.05) is 24.5 Å².